The Morgan fingerprint density at radius 2 is 2.05 bits per heavy atom. The van der Waals surface area contributed by atoms with Crippen LogP contribution < -0.4 is 5.32 Å². The molecule has 0 aliphatic heterocycles. The van der Waals surface area contributed by atoms with Crippen molar-refractivity contribution in [3.8, 4) is 0 Å². The average Bonchev–Trinajstić information content (AvgIpc) is 2.79. The summed E-state index contributed by atoms with van der Waals surface area (Å²) in [6, 6.07) is 2.76. The molecule has 2 nitrogen and oxygen atoms in total. The van der Waals surface area contributed by atoms with Crippen molar-refractivity contribution in [2.24, 2.45) is 5.92 Å². The standard InChI is InChI=1S/C17H31NOS/c1-14(6-5-9-17(3,4)19)7-10-18-15(2)12-16-8-11-20-13-16/h8,11,13-15,18-19H,5-7,9-10,12H2,1-4H3/t14-,15+/m1/s1. The van der Waals surface area contributed by atoms with Gasteiger partial charge in [0.25, 0.3) is 0 Å². The van der Waals surface area contributed by atoms with Gasteiger partial charge in [-0.2, -0.15) is 11.3 Å². The van der Waals surface area contributed by atoms with E-state index in [2.05, 4.69) is 36.0 Å². The van der Waals surface area contributed by atoms with Gasteiger partial charge in [0.15, 0.2) is 0 Å². The summed E-state index contributed by atoms with van der Waals surface area (Å²) in [5.41, 5.74) is 0.931. The molecular formula is C17H31NOS. The summed E-state index contributed by atoms with van der Waals surface area (Å²) in [7, 11) is 0. The zero-order valence-electron chi connectivity index (χ0n) is 13.5. The SMILES string of the molecule is C[C@H](CCCC(C)(C)O)CCN[C@@H](C)Cc1ccsc1. The highest BCUT2D eigenvalue weighted by atomic mass is 32.1. The Labute approximate surface area is 128 Å². The molecule has 0 fully saturated rings. The van der Waals surface area contributed by atoms with Gasteiger partial charge >= 0.3 is 0 Å². The van der Waals surface area contributed by atoms with E-state index in [1.165, 1.54) is 18.4 Å². The van der Waals surface area contributed by atoms with Gasteiger partial charge in [-0.3, -0.25) is 0 Å². The molecule has 0 saturated carbocycles. The van der Waals surface area contributed by atoms with Crippen LogP contribution in [0, 0.1) is 5.92 Å². The van der Waals surface area contributed by atoms with Crippen molar-refractivity contribution in [2.45, 2.75) is 71.4 Å². The molecule has 1 heterocycles. The van der Waals surface area contributed by atoms with E-state index < -0.39 is 5.60 Å². The van der Waals surface area contributed by atoms with Crippen LogP contribution in [0.1, 0.15) is 58.9 Å². The van der Waals surface area contributed by atoms with Gasteiger partial charge in [-0.1, -0.05) is 19.8 Å². The Morgan fingerprint density at radius 1 is 1.30 bits per heavy atom. The number of nitrogens with one attached hydrogen (secondary N) is 1. The molecule has 0 unspecified atom stereocenters. The Balaban J connectivity index is 2.05. The zero-order valence-corrected chi connectivity index (χ0v) is 14.3. The van der Waals surface area contributed by atoms with Crippen LogP contribution in [0.5, 0.6) is 0 Å². The summed E-state index contributed by atoms with van der Waals surface area (Å²) in [6.45, 7) is 9.46. The van der Waals surface area contributed by atoms with Crippen LogP contribution in [0.3, 0.4) is 0 Å². The second-order valence-electron chi connectivity index (χ2n) is 6.79. The Hall–Kier alpha value is -0.380. The molecule has 0 aromatic carbocycles. The van der Waals surface area contributed by atoms with Gasteiger partial charge in [-0.05, 0) is 74.9 Å². The fourth-order valence-corrected chi connectivity index (χ4v) is 3.12. The molecule has 0 aliphatic rings. The first-order valence-corrected chi connectivity index (χ1v) is 8.78. The van der Waals surface area contributed by atoms with Gasteiger partial charge in [0, 0.05) is 6.04 Å². The van der Waals surface area contributed by atoms with E-state index in [0.717, 1.165) is 31.7 Å². The molecule has 3 heteroatoms. The maximum atomic E-state index is 9.69. The first kappa shape index (κ1) is 17.7. The Kier molecular flexibility index (Phi) is 7.78. The van der Waals surface area contributed by atoms with Crippen molar-refractivity contribution in [3.63, 3.8) is 0 Å². The first-order chi connectivity index (χ1) is 9.37. The highest BCUT2D eigenvalue weighted by molar-refractivity contribution is 7.07. The third-order valence-electron chi connectivity index (χ3n) is 3.74. The van der Waals surface area contributed by atoms with Gasteiger partial charge in [0.05, 0.1) is 5.60 Å². The Morgan fingerprint density at radius 3 is 2.65 bits per heavy atom. The summed E-state index contributed by atoms with van der Waals surface area (Å²) < 4.78 is 0. The van der Waals surface area contributed by atoms with Crippen LogP contribution in [0.4, 0.5) is 0 Å². The van der Waals surface area contributed by atoms with Crippen LogP contribution in [-0.2, 0) is 6.42 Å². The predicted octanol–water partition coefficient (Wildman–Crippen LogP) is 4.24. The van der Waals surface area contributed by atoms with E-state index in [1.807, 2.05) is 13.8 Å². The van der Waals surface area contributed by atoms with Gasteiger partial charge in [-0.25, -0.2) is 0 Å². The van der Waals surface area contributed by atoms with E-state index in [4.69, 9.17) is 0 Å². The van der Waals surface area contributed by atoms with Crippen LogP contribution in [0.2, 0.25) is 0 Å². The molecular weight excluding hydrogens is 266 g/mol. The predicted molar refractivity (Wildman–Crippen MR) is 89.4 cm³/mol. The van der Waals surface area contributed by atoms with E-state index >= 15 is 0 Å². The van der Waals surface area contributed by atoms with Crippen LogP contribution >= 0.6 is 11.3 Å². The van der Waals surface area contributed by atoms with Gasteiger partial charge in [-0.15, -0.1) is 0 Å². The zero-order chi connectivity index (χ0) is 15.0. The van der Waals surface area contributed by atoms with Gasteiger partial charge in [0.2, 0.25) is 0 Å². The van der Waals surface area contributed by atoms with Gasteiger partial charge in [0.1, 0.15) is 0 Å². The van der Waals surface area contributed by atoms with Crippen molar-refractivity contribution >= 4 is 11.3 Å². The minimum atomic E-state index is -0.507. The van der Waals surface area contributed by atoms with Crippen LogP contribution in [0.25, 0.3) is 0 Å². The maximum absolute atomic E-state index is 9.69. The highest BCUT2D eigenvalue weighted by Crippen LogP contribution is 2.17. The Bertz CT molecular complexity index is 342. The average molecular weight is 298 g/mol. The van der Waals surface area contributed by atoms with Crippen molar-refractivity contribution in [2.75, 3.05) is 6.54 Å². The molecule has 2 N–H and O–H groups in total. The van der Waals surface area contributed by atoms with Crippen molar-refractivity contribution in [3.05, 3.63) is 22.4 Å². The topological polar surface area (TPSA) is 32.3 Å². The molecule has 0 spiro atoms. The summed E-state index contributed by atoms with van der Waals surface area (Å²) in [5, 5.41) is 17.7. The first-order valence-electron chi connectivity index (χ1n) is 7.83. The quantitative estimate of drug-likeness (QED) is 0.677. The molecule has 0 radical (unpaired) electrons. The van der Waals surface area contributed by atoms with E-state index in [-0.39, 0.29) is 0 Å². The normalized spacial score (nSPS) is 15.2. The minimum Gasteiger partial charge on any atom is -0.390 e. The summed E-state index contributed by atoms with van der Waals surface area (Å²) in [4.78, 5) is 0. The van der Waals surface area contributed by atoms with Gasteiger partial charge < -0.3 is 10.4 Å². The third kappa shape index (κ3) is 8.72. The number of thiophene rings is 1. The second-order valence-corrected chi connectivity index (χ2v) is 7.57. The molecule has 0 aliphatic carbocycles. The number of rotatable bonds is 10. The smallest absolute Gasteiger partial charge is 0.0591 e. The molecule has 0 amide bonds. The molecule has 1 aromatic rings. The molecule has 116 valence electrons. The lowest BCUT2D eigenvalue weighted by molar-refractivity contribution is 0.0669. The summed E-state index contributed by atoms with van der Waals surface area (Å²) in [6.07, 6.45) is 5.58. The lowest BCUT2D eigenvalue weighted by Gasteiger charge is -2.19. The lowest BCUT2D eigenvalue weighted by atomic mass is 9.95. The fraction of sp³-hybridized carbons (Fsp3) is 0.765. The van der Waals surface area contributed by atoms with E-state index in [9.17, 15) is 5.11 Å². The molecule has 0 bridgehead atoms. The third-order valence-corrected chi connectivity index (χ3v) is 4.47. The molecule has 2 atom stereocenters. The highest BCUT2D eigenvalue weighted by Gasteiger charge is 2.12. The number of hydrogen-bond acceptors (Lipinski definition) is 3. The second kappa shape index (κ2) is 8.81. The largest absolute Gasteiger partial charge is 0.390 e. The monoisotopic (exact) mass is 297 g/mol. The maximum Gasteiger partial charge on any atom is 0.0591 e. The van der Waals surface area contributed by atoms with E-state index in [1.54, 1.807) is 11.3 Å². The molecule has 20 heavy (non-hydrogen) atoms. The fourth-order valence-electron chi connectivity index (χ4n) is 2.44. The van der Waals surface area contributed by atoms with Crippen molar-refractivity contribution in [1.82, 2.24) is 5.32 Å². The summed E-state index contributed by atoms with van der Waals surface area (Å²) in [5.74, 6) is 0.734. The number of hydrogen-bond donors (Lipinski definition) is 2. The van der Waals surface area contributed by atoms with Crippen molar-refractivity contribution in [1.29, 1.82) is 0 Å². The van der Waals surface area contributed by atoms with E-state index in [0.29, 0.717) is 6.04 Å². The summed E-state index contributed by atoms with van der Waals surface area (Å²) >= 11 is 1.77. The lowest BCUT2D eigenvalue weighted by Crippen LogP contribution is -2.29. The minimum absolute atomic E-state index is 0.507. The molecule has 0 saturated heterocycles. The molecule has 1 rings (SSSR count). The number of aliphatic hydroxyl groups is 1. The van der Waals surface area contributed by atoms with Crippen molar-refractivity contribution < 1.29 is 5.11 Å². The van der Waals surface area contributed by atoms with Crippen LogP contribution in [-0.4, -0.2) is 23.3 Å². The van der Waals surface area contributed by atoms with Crippen LogP contribution in [0.15, 0.2) is 16.8 Å². The molecule has 1 aromatic heterocycles.